The molecule has 0 fully saturated rings. The van der Waals surface area contributed by atoms with Crippen molar-refractivity contribution in [3.63, 3.8) is 0 Å². The lowest BCUT2D eigenvalue weighted by molar-refractivity contribution is 0.414. The zero-order valence-corrected chi connectivity index (χ0v) is 12.4. The maximum Gasteiger partial charge on any atom is 0.346 e. The molecule has 118 valence electrons. The number of furan rings is 1. The summed E-state index contributed by atoms with van der Waals surface area (Å²) in [4.78, 5) is 48.4. The molecule has 0 aliphatic rings. The molecule has 0 atom stereocenters. The summed E-state index contributed by atoms with van der Waals surface area (Å²) in [6.07, 6.45) is 0. The van der Waals surface area contributed by atoms with Crippen molar-refractivity contribution >= 4 is 21.5 Å². The second kappa shape index (κ2) is 4.76. The smallest absolute Gasteiger partial charge is 0.346 e. The lowest BCUT2D eigenvalue weighted by atomic mass is 10.1. The van der Waals surface area contributed by atoms with E-state index in [0.29, 0.717) is 11.4 Å². The summed E-state index contributed by atoms with van der Waals surface area (Å²) in [6.45, 7) is 0. The van der Waals surface area contributed by atoms with E-state index in [9.17, 15) is 19.2 Å². The van der Waals surface area contributed by atoms with E-state index in [1.807, 2.05) is 0 Å². The number of benzene rings is 2. The molecule has 24 heavy (non-hydrogen) atoms. The Labute approximate surface area is 132 Å². The van der Waals surface area contributed by atoms with Crippen molar-refractivity contribution in [3.05, 3.63) is 77.9 Å². The molecule has 0 radical (unpaired) electrons. The van der Waals surface area contributed by atoms with Gasteiger partial charge in [0.15, 0.2) is 0 Å². The minimum absolute atomic E-state index is 0.00326. The second-order valence-corrected chi connectivity index (χ2v) is 5.26. The minimum Gasteiger partial charge on any atom is -0.497 e. The number of nitrogens with zero attached hydrogens (tertiary/aromatic N) is 1. The van der Waals surface area contributed by atoms with Crippen LogP contribution < -0.4 is 27.1 Å². The number of hydrogen-bond donors (Lipinski definition) is 0. The van der Waals surface area contributed by atoms with Gasteiger partial charge in [-0.3, -0.25) is 9.59 Å². The van der Waals surface area contributed by atoms with Crippen molar-refractivity contribution in [2.24, 2.45) is 0 Å². The maximum atomic E-state index is 12.6. The fourth-order valence-corrected chi connectivity index (χ4v) is 2.78. The predicted octanol–water partition coefficient (Wildman–Crippen LogP) is 0.702. The van der Waals surface area contributed by atoms with E-state index >= 15 is 0 Å². The third-order valence-electron chi connectivity index (χ3n) is 3.98. The molecule has 0 unspecified atom stereocenters. The van der Waals surface area contributed by atoms with Crippen LogP contribution in [0, 0.1) is 0 Å². The van der Waals surface area contributed by atoms with E-state index in [-0.39, 0.29) is 21.5 Å². The molecule has 0 saturated carbocycles. The molecule has 2 heterocycles. The standard InChI is InChI=1S/C17H9NO6/c1-23-9-4-2-8(3-5-9)18-14(19)10-6-12-13(7-11(10)15(18)20)17(22)24-16(12)21/h2-7H,1H3. The highest BCUT2D eigenvalue weighted by Crippen LogP contribution is 2.17. The Morgan fingerprint density at radius 1 is 0.792 bits per heavy atom. The number of methoxy groups -OCH3 is 1. The molecule has 7 heteroatoms. The molecule has 4 aromatic rings. The summed E-state index contributed by atoms with van der Waals surface area (Å²) in [6, 6.07) is 8.88. The summed E-state index contributed by atoms with van der Waals surface area (Å²) in [7, 11) is 1.51. The molecule has 0 N–H and O–H groups in total. The van der Waals surface area contributed by atoms with Gasteiger partial charge in [-0.25, -0.2) is 14.2 Å². The molecule has 2 aromatic heterocycles. The summed E-state index contributed by atoms with van der Waals surface area (Å²) >= 11 is 0. The highest BCUT2D eigenvalue weighted by atomic mass is 16.5. The monoisotopic (exact) mass is 323 g/mol. The Kier molecular flexibility index (Phi) is 2.80. The van der Waals surface area contributed by atoms with Gasteiger partial charge in [-0.15, -0.1) is 0 Å². The van der Waals surface area contributed by atoms with Gasteiger partial charge in [0, 0.05) is 0 Å². The van der Waals surface area contributed by atoms with Crippen molar-refractivity contribution in [1.82, 2.24) is 4.57 Å². The summed E-state index contributed by atoms with van der Waals surface area (Å²) < 4.78 is 10.5. The van der Waals surface area contributed by atoms with Gasteiger partial charge in [0.05, 0.1) is 34.3 Å². The highest BCUT2D eigenvalue weighted by molar-refractivity contribution is 5.97. The van der Waals surface area contributed by atoms with Crippen LogP contribution in [0.3, 0.4) is 0 Å². The number of rotatable bonds is 2. The Bertz CT molecular complexity index is 1220. The van der Waals surface area contributed by atoms with E-state index in [1.165, 1.54) is 19.2 Å². The number of ether oxygens (including phenoxy) is 1. The molecule has 2 aromatic carbocycles. The maximum absolute atomic E-state index is 12.6. The average Bonchev–Trinajstić information content (AvgIpc) is 3.01. The van der Waals surface area contributed by atoms with Crippen molar-refractivity contribution < 1.29 is 9.15 Å². The van der Waals surface area contributed by atoms with Crippen LogP contribution >= 0.6 is 0 Å². The molecule has 4 rings (SSSR count). The molecular weight excluding hydrogens is 314 g/mol. The number of fused-ring (bicyclic) bond motifs is 2. The fourth-order valence-electron chi connectivity index (χ4n) is 2.78. The summed E-state index contributed by atoms with van der Waals surface area (Å²) in [5.74, 6) is 0.586. The van der Waals surface area contributed by atoms with Gasteiger partial charge in [0.25, 0.3) is 11.1 Å². The molecule has 0 amide bonds. The van der Waals surface area contributed by atoms with Gasteiger partial charge in [-0.1, -0.05) is 0 Å². The van der Waals surface area contributed by atoms with Gasteiger partial charge >= 0.3 is 11.3 Å². The van der Waals surface area contributed by atoms with Crippen LogP contribution in [0.5, 0.6) is 5.75 Å². The molecule has 0 aliphatic carbocycles. The third-order valence-corrected chi connectivity index (χ3v) is 3.98. The van der Waals surface area contributed by atoms with Crippen LogP contribution in [0.15, 0.2) is 60.0 Å². The Hall–Kier alpha value is -3.48. The van der Waals surface area contributed by atoms with Crippen molar-refractivity contribution in [3.8, 4) is 11.4 Å². The second-order valence-electron chi connectivity index (χ2n) is 5.26. The first-order valence-corrected chi connectivity index (χ1v) is 6.98. The summed E-state index contributed by atoms with van der Waals surface area (Å²) in [5.41, 5.74) is -2.39. The Morgan fingerprint density at radius 2 is 1.29 bits per heavy atom. The predicted molar refractivity (Wildman–Crippen MR) is 87.1 cm³/mol. The van der Waals surface area contributed by atoms with Gasteiger partial charge in [0.2, 0.25) is 0 Å². The van der Waals surface area contributed by atoms with Gasteiger partial charge < -0.3 is 9.15 Å². The van der Waals surface area contributed by atoms with E-state index in [1.54, 1.807) is 24.3 Å². The van der Waals surface area contributed by atoms with E-state index in [4.69, 9.17) is 4.74 Å². The lowest BCUT2D eigenvalue weighted by Crippen LogP contribution is -2.23. The van der Waals surface area contributed by atoms with Crippen LogP contribution in [-0.2, 0) is 0 Å². The van der Waals surface area contributed by atoms with Crippen LogP contribution in [0.4, 0.5) is 0 Å². The minimum atomic E-state index is -0.819. The number of hydrogen-bond acceptors (Lipinski definition) is 6. The van der Waals surface area contributed by atoms with Crippen molar-refractivity contribution in [1.29, 1.82) is 0 Å². The molecule has 0 spiro atoms. The quantitative estimate of drug-likeness (QED) is 0.539. The first kappa shape index (κ1) is 14.1. The third kappa shape index (κ3) is 1.78. The van der Waals surface area contributed by atoms with Gasteiger partial charge in [-0.05, 0) is 36.4 Å². The highest BCUT2D eigenvalue weighted by Gasteiger charge is 2.18. The molecule has 0 bridgehead atoms. The SMILES string of the molecule is COc1ccc(-n2c(=O)c3cc4c(=O)oc(=O)c4cc3c2=O)cc1. The van der Waals surface area contributed by atoms with Crippen LogP contribution in [-0.4, -0.2) is 11.7 Å². The van der Waals surface area contributed by atoms with Gasteiger partial charge in [-0.2, -0.15) is 0 Å². The van der Waals surface area contributed by atoms with E-state index in [2.05, 4.69) is 4.42 Å². The number of aromatic nitrogens is 1. The van der Waals surface area contributed by atoms with Crippen molar-refractivity contribution in [2.75, 3.05) is 7.11 Å². The zero-order valence-electron chi connectivity index (χ0n) is 12.4. The Balaban J connectivity index is 2.10. The lowest BCUT2D eigenvalue weighted by Gasteiger charge is -2.02. The van der Waals surface area contributed by atoms with Crippen molar-refractivity contribution in [2.45, 2.75) is 0 Å². The van der Waals surface area contributed by atoms with Crippen LogP contribution in [0.1, 0.15) is 0 Å². The molecule has 0 aliphatic heterocycles. The fraction of sp³-hybridized carbons (Fsp3) is 0.0588. The van der Waals surface area contributed by atoms with Crippen LogP contribution in [0.25, 0.3) is 27.2 Å². The van der Waals surface area contributed by atoms with E-state index < -0.39 is 22.4 Å². The Morgan fingerprint density at radius 3 is 1.75 bits per heavy atom. The average molecular weight is 323 g/mol. The first-order chi connectivity index (χ1) is 11.5. The van der Waals surface area contributed by atoms with E-state index in [0.717, 1.165) is 4.57 Å². The topological polar surface area (TPSA) is 95.6 Å². The largest absolute Gasteiger partial charge is 0.497 e. The summed E-state index contributed by atoms with van der Waals surface area (Å²) in [5, 5.41) is 0.135. The first-order valence-electron chi connectivity index (χ1n) is 6.98. The molecule has 7 nitrogen and oxygen atoms in total. The molecule has 0 saturated heterocycles. The molecular formula is C17H9NO6. The van der Waals surface area contributed by atoms with Gasteiger partial charge in [0.1, 0.15) is 5.75 Å². The zero-order chi connectivity index (χ0) is 17.0. The normalized spacial score (nSPS) is 11.4. The van der Waals surface area contributed by atoms with Crippen LogP contribution in [0.2, 0.25) is 0 Å².